The van der Waals surface area contributed by atoms with E-state index in [-0.39, 0.29) is 29.6 Å². The van der Waals surface area contributed by atoms with Crippen LogP contribution in [0, 0.1) is 18.2 Å². The van der Waals surface area contributed by atoms with Crippen molar-refractivity contribution in [1.29, 1.82) is 0 Å². The Morgan fingerprint density at radius 3 is 2.53 bits per heavy atom. The molecular formula is C25H29F4N6O2P. The van der Waals surface area contributed by atoms with Crippen LogP contribution in [0.1, 0.15) is 43.3 Å². The smallest absolute Gasteiger partial charge is 0.266 e. The molecule has 0 radical (unpaired) electrons. The van der Waals surface area contributed by atoms with Crippen LogP contribution in [0.4, 0.5) is 29.1 Å². The lowest BCUT2D eigenvalue weighted by atomic mass is 9.80. The molecule has 1 aromatic carbocycles. The Bertz CT molecular complexity index is 1350. The first kappa shape index (κ1) is 27.8. The molecule has 2 unspecified atom stereocenters. The van der Waals surface area contributed by atoms with E-state index in [0.29, 0.717) is 35.8 Å². The normalized spacial score (nSPS) is 16.2. The lowest BCUT2D eigenvalue weighted by Crippen LogP contribution is -2.61. The van der Waals surface area contributed by atoms with E-state index in [0.717, 1.165) is 6.07 Å². The average Bonchev–Trinajstić information content (AvgIpc) is 2.84. The third-order valence-electron chi connectivity index (χ3n) is 6.43. The number of fused-ring (bicyclic) bond motifs is 1. The summed E-state index contributed by atoms with van der Waals surface area (Å²) in [5.74, 6) is -1.61. The topological polar surface area (TPSA) is 92.3 Å². The molecule has 0 aliphatic carbocycles. The van der Waals surface area contributed by atoms with Gasteiger partial charge in [-0.05, 0) is 26.8 Å². The Morgan fingerprint density at radius 1 is 1.21 bits per heavy atom. The summed E-state index contributed by atoms with van der Waals surface area (Å²) in [5, 5.41) is 6.23. The molecule has 3 aromatic rings. The fourth-order valence-electron chi connectivity index (χ4n) is 4.50. The Hall–Kier alpha value is -3.27. The van der Waals surface area contributed by atoms with Gasteiger partial charge in [0.1, 0.15) is 35.7 Å². The van der Waals surface area contributed by atoms with Crippen molar-refractivity contribution in [2.45, 2.75) is 39.2 Å². The number of nitrogens with zero attached hydrogens (tertiary/aromatic N) is 4. The minimum atomic E-state index is -2.95. The number of halogens is 4. The highest BCUT2D eigenvalue weighted by Crippen LogP contribution is 2.41. The number of amides is 1. The summed E-state index contributed by atoms with van der Waals surface area (Å²) in [6.07, 6.45) is -2.95. The molecule has 2 aromatic heterocycles. The van der Waals surface area contributed by atoms with Crippen LogP contribution in [0.25, 0.3) is 11.0 Å². The summed E-state index contributed by atoms with van der Waals surface area (Å²) < 4.78 is 60.5. The maximum atomic E-state index is 14.8. The molecule has 1 aliphatic heterocycles. The molecule has 4 rings (SSSR count). The number of pyridine rings is 1. The van der Waals surface area contributed by atoms with Crippen LogP contribution in [-0.2, 0) is 4.79 Å². The van der Waals surface area contributed by atoms with Gasteiger partial charge in [0, 0.05) is 25.7 Å². The van der Waals surface area contributed by atoms with Gasteiger partial charge in [-0.2, -0.15) is 4.98 Å². The van der Waals surface area contributed by atoms with Crippen molar-refractivity contribution in [3.8, 4) is 5.88 Å². The van der Waals surface area contributed by atoms with Gasteiger partial charge in [0.25, 0.3) is 6.43 Å². The van der Waals surface area contributed by atoms with E-state index >= 15 is 0 Å². The number of aromatic nitrogens is 3. The first-order valence-electron chi connectivity index (χ1n) is 12.0. The van der Waals surface area contributed by atoms with Crippen LogP contribution in [0.2, 0.25) is 0 Å². The van der Waals surface area contributed by atoms with Crippen molar-refractivity contribution in [1.82, 2.24) is 20.3 Å². The maximum Gasteiger partial charge on any atom is 0.266 e. The third kappa shape index (κ3) is 5.45. The molecule has 38 heavy (non-hydrogen) atoms. The summed E-state index contributed by atoms with van der Waals surface area (Å²) in [4.78, 5) is 27.5. The van der Waals surface area contributed by atoms with Gasteiger partial charge in [-0.25, -0.2) is 27.5 Å². The molecule has 13 heteroatoms. The number of anilines is 2. The lowest BCUT2D eigenvalue weighted by molar-refractivity contribution is -0.131. The highest BCUT2D eigenvalue weighted by atomic mass is 31.0. The van der Waals surface area contributed by atoms with Gasteiger partial charge in [0.2, 0.25) is 11.8 Å². The predicted octanol–water partition coefficient (Wildman–Crippen LogP) is 4.70. The van der Waals surface area contributed by atoms with Gasteiger partial charge in [0.05, 0.1) is 22.4 Å². The molecule has 1 aliphatic rings. The molecule has 3 heterocycles. The van der Waals surface area contributed by atoms with E-state index in [1.165, 1.54) is 12.1 Å². The van der Waals surface area contributed by atoms with Crippen molar-refractivity contribution in [2.75, 3.05) is 37.0 Å². The molecule has 1 amide bonds. The van der Waals surface area contributed by atoms with Crippen LogP contribution >= 0.6 is 9.24 Å². The van der Waals surface area contributed by atoms with Gasteiger partial charge in [-0.15, -0.1) is 0 Å². The summed E-state index contributed by atoms with van der Waals surface area (Å²) in [6.45, 7) is 5.59. The number of ether oxygens (including phenoxy) is 1. The second-order valence-electron chi connectivity index (χ2n) is 9.54. The first-order valence-corrected chi connectivity index (χ1v) is 12.6. The third-order valence-corrected chi connectivity index (χ3v) is 6.63. The van der Waals surface area contributed by atoms with Crippen molar-refractivity contribution < 1.29 is 27.1 Å². The van der Waals surface area contributed by atoms with Crippen molar-refractivity contribution >= 4 is 37.7 Å². The van der Waals surface area contributed by atoms with Crippen molar-refractivity contribution in [3.05, 3.63) is 47.0 Å². The Balaban J connectivity index is 1.74. The quantitative estimate of drug-likeness (QED) is 0.294. The predicted molar refractivity (Wildman–Crippen MR) is 140 cm³/mol. The molecule has 2 N–H and O–H groups in total. The number of hydrogen-bond donors (Lipinski definition) is 2. The molecule has 204 valence electrons. The molecule has 3 atom stereocenters. The second kappa shape index (κ2) is 10.8. The monoisotopic (exact) mass is 552 g/mol. The van der Waals surface area contributed by atoms with Gasteiger partial charge in [-0.1, -0.05) is 27.4 Å². The molecule has 8 nitrogen and oxygen atoms in total. The van der Waals surface area contributed by atoms with Gasteiger partial charge in [0.15, 0.2) is 5.65 Å². The molecule has 1 fully saturated rings. The standard InChI is InChI=1S/C25H29F4N6O2P/c1-12(14-6-5-7-15(19(14)27)20(28)29)31-21-16-8-17(35-10-25(3,11-35)24(36)30-4)23(37-9-18(26)38)34-22(16)33-13(2)32-21/h5-8,12,18,20H,9-11,38H2,1-4H3,(H,30,36)(H,31,32,33,34)/t12-,18?/m1/s1. The Kier molecular flexibility index (Phi) is 7.92. The zero-order valence-electron chi connectivity index (χ0n) is 21.4. The van der Waals surface area contributed by atoms with E-state index in [9.17, 15) is 22.4 Å². The number of hydrogen-bond acceptors (Lipinski definition) is 7. The number of carbonyl (C=O) groups is 1. The van der Waals surface area contributed by atoms with Crippen molar-refractivity contribution in [2.24, 2.45) is 5.41 Å². The molecular weight excluding hydrogens is 523 g/mol. The van der Waals surface area contributed by atoms with Crippen LogP contribution in [0.3, 0.4) is 0 Å². The van der Waals surface area contributed by atoms with E-state index < -0.39 is 35.2 Å². The Morgan fingerprint density at radius 2 is 1.89 bits per heavy atom. The number of carbonyl (C=O) groups excluding carboxylic acids is 1. The summed E-state index contributed by atoms with van der Waals surface area (Å²) in [6, 6.07) is 4.85. The number of benzene rings is 1. The van der Waals surface area contributed by atoms with Crippen LogP contribution in [-0.4, -0.2) is 53.5 Å². The van der Waals surface area contributed by atoms with Crippen LogP contribution < -0.4 is 20.3 Å². The minimum Gasteiger partial charge on any atom is -0.473 e. The Labute approximate surface area is 219 Å². The largest absolute Gasteiger partial charge is 0.473 e. The fraction of sp³-hybridized carbons (Fsp3) is 0.440. The van der Waals surface area contributed by atoms with Gasteiger partial charge in [-0.3, -0.25) is 4.79 Å². The zero-order valence-corrected chi connectivity index (χ0v) is 22.5. The molecule has 0 saturated carbocycles. The van der Waals surface area contributed by atoms with Crippen molar-refractivity contribution in [3.63, 3.8) is 0 Å². The fourth-order valence-corrected chi connectivity index (χ4v) is 4.60. The zero-order chi connectivity index (χ0) is 27.8. The molecule has 1 saturated heterocycles. The van der Waals surface area contributed by atoms with E-state index in [2.05, 4.69) is 25.6 Å². The van der Waals surface area contributed by atoms with Crippen LogP contribution in [0.5, 0.6) is 5.88 Å². The van der Waals surface area contributed by atoms with Gasteiger partial charge >= 0.3 is 0 Å². The van der Waals surface area contributed by atoms with E-state index in [4.69, 9.17) is 4.74 Å². The number of aryl methyl sites for hydroxylation is 1. The maximum absolute atomic E-state index is 14.8. The SMILES string of the molecule is CNC(=O)C1(C)CN(c2cc3c(N[C@H](C)c4cccc(C(F)F)c4F)nc(C)nc3nc2OCC(F)P)C1. The van der Waals surface area contributed by atoms with E-state index in [1.807, 2.05) is 21.1 Å². The average molecular weight is 553 g/mol. The van der Waals surface area contributed by atoms with E-state index in [1.54, 1.807) is 27.0 Å². The van der Waals surface area contributed by atoms with Gasteiger partial charge < -0.3 is 20.3 Å². The van der Waals surface area contributed by atoms with Crippen LogP contribution in [0.15, 0.2) is 24.3 Å². The summed E-state index contributed by atoms with van der Waals surface area (Å²) in [7, 11) is 3.58. The number of rotatable bonds is 9. The summed E-state index contributed by atoms with van der Waals surface area (Å²) in [5.41, 5.74) is -0.488. The lowest BCUT2D eigenvalue weighted by Gasteiger charge is -2.47. The summed E-state index contributed by atoms with van der Waals surface area (Å²) >= 11 is 0. The number of alkyl halides is 3. The molecule has 0 spiro atoms. The second-order valence-corrected chi connectivity index (χ2v) is 10.3. The molecule has 0 bridgehead atoms. The first-order chi connectivity index (χ1) is 17.9. The highest BCUT2D eigenvalue weighted by Gasteiger charge is 2.46. The minimum absolute atomic E-state index is 0.0545. The highest BCUT2D eigenvalue weighted by molar-refractivity contribution is 7.17. The number of nitrogens with one attached hydrogen (secondary N) is 2.